The molecule has 1 N–H and O–H groups in total. The Morgan fingerprint density at radius 1 is 0.971 bits per heavy atom. The quantitative estimate of drug-likeness (QED) is 0.384. The smallest absolute Gasteiger partial charge is 0.335 e. The van der Waals surface area contributed by atoms with Crippen molar-refractivity contribution in [3.8, 4) is 22.5 Å². The number of hydrogen-bond donors (Lipinski definition) is 1. The maximum atomic E-state index is 11.3. The SMILES string of the molecule is CC1(C)CCC(C)(C)c2nc(-c3cc(-c4ccc(C(=O)O)cc4)cn3Cc3cccnc3)cnc21. The van der Waals surface area contributed by atoms with Crippen molar-refractivity contribution in [3.05, 3.63) is 89.8 Å². The minimum absolute atomic E-state index is 0.00509. The molecule has 0 bridgehead atoms. The Morgan fingerprint density at radius 2 is 1.69 bits per heavy atom. The monoisotopic (exact) mass is 466 g/mol. The number of aromatic nitrogens is 4. The highest BCUT2D eigenvalue weighted by Crippen LogP contribution is 2.44. The van der Waals surface area contributed by atoms with Crippen LogP contribution in [0.15, 0.2) is 67.3 Å². The molecule has 0 saturated heterocycles. The molecule has 0 aliphatic heterocycles. The summed E-state index contributed by atoms with van der Waals surface area (Å²) in [6, 6.07) is 13.1. The van der Waals surface area contributed by atoms with E-state index in [9.17, 15) is 9.90 Å². The van der Waals surface area contributed by atoms with Gasteiger partial charge in [-0.3, -0.25) is 9.97 Å². The van der Waals surface area contributed by atoms with Crippen LogP contribution in [0.25, 0.3) is 22.5 Å². The molecule has 5 rings (SSSR count). The second-order valence-electron chi connectivity index (χ2n) is 10.7. The number of rotatable bonds is 5. The molecule has 0 spiro atoms. The van der Waals surface area contributed by atoms with Crippen molar-refractivity contribution in [1.29, 1.82) is 0 Å². The van der Waals surface area contributed by atoms with Crippen molar-refractivity contribution in [1.82, 2.24) is 19.5 Å². The molecule has 6 heteroatoms. The van der Waals surface area contributed by atoms with E-state index < -0.39 is 5.97 Å². The number of aromatic carboxylic acids is 1. The summed E-state index contributed by atoms with van der Waals surface area (Å²) in [5.41, 5.74) is 7.26. The second-order valence-corrected chi connectivity index (χ2v) is 10.7. The van der Waals surface area contributed by atoms with Gasteiger partial charge in [0.05, 0.1) is 28.8 Å². The average Bonchev–Trinajstić information content (AvgIpc) is 3.26. The molecule has 178 valence electrons. The van der Waals surface area contributed by atoms with E-state index in [4.69, 9.17) is 9.97 Å². The van der Waals surface area contributed by atoms with E-state index in [2.05, 4.69) is 55.6 Å². The third-order valence-electron chi connectivity index (χ3n) is 7.13. The van der Waals surface area contributed by atoms with Gasteiger partial charge in [0.25, 0.3) is 0 Å². The lowest BCUT2D eigenvalue weighted by molar-refractivity contribution is 0.0697. The van der Waals surface area contributed by atoms with Gasteiger partial charge in [0, 0.05) is 41.5 Å². The minimum atomic E-state index is -0.929. The number of carboxylic acids is 1. The first-order chi connectivity index (χ1) is 16.6. The van der Waals surface area contributed by atoms with Crippen LogP contribution in [0.5, 0.6) is 0 Å². The summed E-state index contributed by atoms with van der Waals surface area (Å²) in [6.45, 7) is 9.65. The first-order valence-corrected chi connectivity index (χ1v) is 12.0. The van der Waals surface area contributed by atoms with E-state index in [1.54, 1.807) is 18.3 Å². The Bertz CT molecular complexity index is 1390. The van der Waals surface area contributed by atoms with Crippen molar-refractivity contribution in [2.75, 3.05) is 0 Å². The van der Waals surface area contributed by atoms with Crippen molar-refractivity contribution in [3.63, 3.8) is 0 Å². The lowest BCUT2D eigenvalue weighted by Gasteiger charge is -2.39. The normalized spacial score (nSPS) is 16.0. The van der Waals surface area contributed by atoms with E-state index in [1.807, 2.05) is 30.6 Å². The molecule has 3 heterocycles. The molecule has 0 unspecified atom stereocenters. The molecule has 1 aliphatic rings. The Balaban J connectivity index is 1.63. The molecule has 0 radical (unpaired) electrons. The Hall–Kier alpha value is -3.80. The molecule has 0 fully saturated rings. The molecular formula is C29H30N4O2. The van der Waals surface area contributed by atoms with E-state index in [0.717, 1.165) is 52.3 Å². The number of carbonyl (C=O) groups is 1. The van der Waals surface area contributed by atoms with Gasteiger partial charge in [0.15, 0.2) is 0 Å². The van der Waals surface area contributed by atoms with Crippen molar-refractivity contribution < 1.29 is 9.90 Å². The van der Waals surface area contributed by atoms with E-state index >= 15 is 0 Å². The highest BCUT2D eigenvalue weighted by molar-refractivity contribution is 5.88. The lowest BCUT2D eigenvalue weighted by Crippen LogP contribution is -2.36. The Kier molecular flexibility index (Phi) is 5.55. The van der Waals surface area contributed by atoms with Crippen LogP contribution >= 0.6 is 0 Å². The fraction of sp³-hybridized carbons (Fsp3) is 0.310. The van der Waals surface area contributed by atoms with Crippen LogP contribution in [0, 0.1) is 0 Å². The molecular weight excluding hydrogens is 436 g/mol. The maximum absolute atomic E-state index is 11.3. The summed E-state index contributed by atoms with van der Waals surface area (Å²) in [4.78, 5) is 25.7. The van der Waals surface area contributed by atoms with Crippen molar-refractivity contribution >= 4 is 5.97 Å². The number of carboxylic acid groups (broad SMARTS) is 1. The third-order valence-corrected chi connectivity index (χ3v) is 7.13. The number of pyridine rings is 1. The van der Waals surface area contributed by atoms with Crippen LogP contribution in [0.3, 0.4) is 0 Å². The fourth-order valence-corrected chi connectivity index (χ4v) is 4.85. The molecule has 35 heavy (non-hydrogen) atoms. The standard InChI is InChI=1S/C29H30N4O2/c1-28(2)11-12-29(3,4)26-25(28)31-16-23(32-26)24-14-22(20-7-9-21(10-8-20)27(34)35)18-33(24)17-19-6-5-13-30-15-19/h5-10,13-16,18H,11-12,17H2,1-4H3,(H,34,35). The van der Waals surface area contributed by atoms with Crippen molar-refractivity contribution in [2.24, 2.45) is 0 Å². The van der Waals surface area contributed by atoms with Crippen LogP contribution < -0.4 is 0 Å². The van der Waals surface area contributed by atoms with Gasteiger partial charge in [0.1, 0.15) is 5.69 Å². The van der Waals surface area contributed by atoms with Gasteiger partial charge in [-0.1, -0.05) is 45.9 Å². The average molecular weight is 467 g/mol. The summed E-state index contributed by atoms with van der Waals surface area (Å²) in [6.07, 6.45) is 9.80. The minimum Gasteiger partial charge on any atom is -0.478 e. The topological polar surface area (TPSA) is 80.9 Å². The first-order valence-electron chi connectivity index (χ1n) is 12.0. The fourth-order valence-electron chi connectivity index (χ4n) is 4.85. The zero-order valence-electron chi connectivity index (χ0n) is 20.6. The van der Waals surface area contributed by atoms with Crippen LogP contribution in [-0.2, 0) is 17.4 Å². The zero-order valence-corrected chi connectivity index (χ0v) is 20.6. The van der Waals surface area contributed by atoms with Gasteiger partial charge < -0.3 is 9.67 Å². The number of fused-ring (bicyclic) bond motifs is 1. The number of nitrogens with zero attached hydrogens (tertiary/aromatic N) is 4. The lowest BCUT2D eigenvalue weighted by atomic mass is 9.67. The van der Waals surface area contributed by atoms with Gasteiger partial charge >= 0.3 is 5.97 Å². The molecule has 0 saturated carbocycles. The van der Waals surface area contributed by atoms with Gasteiger partial charge in [-0.25, -0.2) is 9.78 Å². The number of benzene rings is 1. The summed E-state index contributed by atoms with van der Waals surface area (Å²) < 4.78 is 2.18. The first kappa shape index (κ1) is 23.0. The molecule has 3 aromatic heterocycles. The molecule has 4 aromatic rings. The predicted octanol–water partition coefficient (Wildman–Crippen LogP) is 6.10. The summed E-state index contributed by atoms with van der Waals surface area (Å²) >= 11 is 0. The van der Waals surface area contributed by atoms with E-state index in [-0.39, 0.29) is 16.4 Å². The third kappa shape index (κ3) is 4.36. The van der Waals surface area contributed by atoms with E-state index in [0.29, 0.717) is 6.54 Å². The molecule has 1 aromatic carbocycles. The predicted molar refractivity (Wildman–Crippen MR) is 136 cm³/mol. The van der Waals surface area contributed by atoms with Crippen LogP contribution in [-0.4, -0.2) is 30.6 Å². The number of hydrogen-bond acceptors (Lipinski definition) is 4. The van der Waals surface area contributed by atoms with E-state index in [1.165, 1.54) is 0 Å². The zero-order chi connectivity index (χ0) is 24.8. The van der Waals surface area contributed by atoms with Gasteiger partial charge in [0.2, 0.25) is 0 Å². The summed E-state index contributed by atoms with van der Waals surface area (Å²) in [7, 11) is 0. The Labute approximate surface area is 205 Å². The van der Waals surface area contributed by atoms with Crippen molar-refractivity contribution in [2.45, 2.75) is 57.9 Å². The van der Waals surface area contributed by atoms with Crippen LogP contribution in [0.4, 0.5) is 0 Å². The van der Waals surface area contributed by atoms with Gasteiger partial charge in [-0.2, -0.15) is 0 Å². The second kappa shape index (κ2) is 8.45. The largest absolute Gasteiger partial charge is 0.478 e. The Morgan fingerprint density at radius 3 is 2.34 bits per heavy atom. The van der Waals surface area contributed by atoms with Gasteiger partial charge in [-0.05, 0) is 48.2 Å². The highest BCUT2D eigenvalue weighted by Gasteiger charge is 2.39. The summed E-state index contributed by atoms with van der Waals surface area (Å²) in [5.74, 6) is -0.929. The molecule has 0 atom stereocenters. The molecule has 1 aliphatic carbocycles. The summed E-state index contributed by atoms with van der Waals surface area (Å²) in [5, 5.41) is 9.26. The maximum Gasteiger partial charge on any atom is 0.335 e. The molecule has 6 nitrogen and oxygen atoms in total. The van der Waals surface area contributed by atoms with Gasteiger partial charge in [-0.15, -0.1) is 0 Å². The van der Waals surface area contributed by atoms with Crippen LogP contribution in [0.2, 0.25) is 0 Å². The van der Waals surface area contributed by atoms with Crippen LogP contribution in [0.1, 0.15) is 67.8 Å². The highest BCUT2D eigenvalue weighted by atomic mass is 16.4. The molecule has 0 amide bonds.